The van der Waals surface area contributed by atoms with Crippen LogP contribution in [0.4, 0.5) is 18.9 Å². The Kier molecular flexibility index (Phi) is 6.45. The van der Waals surface area contributed by atoms with Crippen molar-refractivity contribution < 1.29 is 13.2 Å². The Bertz CT molecular complexity index is 1010. The molecule has 3 rings (SSSR count). The molecule has 0 aliphatic heterocycles. The lowest BCUT2D eigenvalue weighted by Crippen LogP contribution is -2.20. The summed E-state index contributed by atoms with van der Waals surface area (Å²) in [6.07, 6.45) is -0.807. The standard InChI is InChI=1S/C22H21ClF3N3/c1-29(2)12-11-27-21-14-18(28-20-10-8-17(23)13-19(20)21)9-5-15-3-6-16(7-4-15)22(24,25)26/h3-10,13-14H,11-12H2,1-2H3,(H,27,28)/b9-5+. The van der Waals surface area contributed by atoms with Crippen LogP contribution < -0.4 is 5.32 Å². The van der Waals surface area contributed by atoms with Crippen molar-refractivity contribution in [2.45, 2.75) is 6.18 Å². The van der Waals surface area contributed by atoms with Crippen LogP contribution in [0.5, 0.6) is 0 Å². The number of rotatable bonds is 6. The van der Waals surface area contributed by atoms with E-state index in [1.807, 2.05) is 32.3 Å². The van der Waals surface area contributed by atoms with E-state index in [4.69, 9.17) is 11.6 Å². The average molecular weight is 420 g/mol. The van der Waals surface area contributed by atoms with Gasteiger partial charge in [0.2, 0.25) is 0 Å². The predicted octanol–water partition coefficient (Wildman–Crippen LogP) is 6.05. The van der Waals surface area contributed by atoms with Crippen LogP contribution in [0.2, 0.25) is 5.02 Å². The molecular weight excluding hydrogens is 399 g/mol. The Hall–Kier alpha value is -2.57. The third kappa shape index (κ3) is 5.71. The summed E-state index contributed by atoms with van der Waals surface area (Å²) in [7, 11) is 4.00. The number of alkyl halides is 3. The van der Waals surface area contributed by atoms with Crippen molar-refractivity contribution in [3.05, 3.63) is 70.4 Å². The number of halogens is 4. The molecule has 0 atom stereocenters. The molecule has 0 spiro atoms. The maximum Gasteiger partial charge on any atom is 0.416 e. The molecule has 0 saturated carbocycles. The number of pyridine rings is 1. The van der Waals surface area contributed by atoms with Crippen LogP contribution in [0.3, 0.4) is 0 Å². The first-order valence-electron chi connectivity index (χ1n) is 9.06. The highest BCUT2D eigenvalue weighted by Gasteiger charge is 2.29. The Labute approximate surface area is 172 Å². The SMILES string of the molecule is CN(C)CCNc1cc(/C=C/c2ccc(C(F)(F)F)cc2)nc2ccc(Cl)cc12. The third-order valence-corrected chi connectivity index (χ3v) is 4.58. The second kappa shape index (κ2) is 8.84. The Morgan fingerprint density at radius 1 is 1.03 bits per heavy atom. The van der Waals surface area contributed by atoms with Crippen molar-refractivity contribution in [2.75, 3.05) is 32.5 Å². The van der Waals surface area contributed by atoms with Crippen LogP contribution in [0, 0.1) is 0 Å². The number of likely N-dealkylation sites (N-methyl/N-ethyl adjacent to an activating group) is 1. The first-order chi connectivity index (χ1) is 13.7. The van der Waals surface area contributed by atoms with Gasteiger partial charge in [0.05, 0.1) is 16.8 Å². The summed E-state index contributed by atoms with van der Waals surface area (Å²) >= 11 is 6.14. The van der Waals surface area contributed by atoms with Gasteiger partial charge in [-0.15, -0.1) is 0 Å². The molecular formula is C22H21ClF3N3. The fourth-order valence-corrected chi connectivity index (χ4v) is 3.00. The number of aromatic nitrogens is 1. The van der Waals surface area contributed by atoms with Crippen LogP contribution in [-0.4, -0.2) is 37.1 Å². The molecule has 1 N–H and O–H groups in total. The molecule has 0 aliphatic rings. The first-order valence-corrected chi connectivity index (χ1v) is 9.44. The highest BCUT2D eigenvalue weighted by molar-refractivity contribution is 6.31. The van der Waals surface area contributed by atoms with E-state index in [2.05, 4.69) is 15.2 Å². The minimum absolute atomic E-state index is 0.628. The van der Waals surface area contributed by atoms with E-state index in [-0.39, 0.29) is 0 Å². The van der Waals surface area contributed by atoms with Crippen LogP contribution in [-0.2, 0) is 6.18 Å². The molecule has 152 valence electrons. The van der Waals surface area contributed by atoms with E-state index in [1.165, 1.54) is 12.1 Å². The van der Waals surface area contributed by atoms with E-state index in [9.17, 15) is 13.2 Å². The van der Waals surface area contributed by atoms with Crippen LogP contribution in [0.1, 0.15) is 16.8 Å². The molecule has 0 bridgehead atoms. The maximum absolute atomic E-state index is 12.7. The van der Waals surface area contributed by atoms with Gasteiger partial charge in [0.15, 0.2) is 0 Å². The largest absolute Gasteiger partial charge is 0.416 e. The molecule has 1 heterocycles. The molecule has 2 aromatic carbocycles. The number of hydrogen-bond donors (Lipinski definition) is 1. The van der Waals surface area contributed by atoms with Crippen molar-refractivity contribution in [3.63, 3.8) is 0 Å². The average Bonchev–Trinajstić information content (AvgIpc) is 2.66. The van der Waals surface area contributed by atoms with Crippen LogP contribution in [0.25, 0.3) is 23.1 Å². The maximum atomic E-state index is 12.7. The monoisotopic (exact) mass is 419 g/mol. The topological polar surface area (TPSA) is 28.2 Å². The summed E-state index contributed by atoms with van der Waals surface area (Å²) in [4.78, 5) is 6.69. The zero-order chi connectivity index (χ0) is 21.0. The number of nitrogens with one attached hydrogen (secondary N) is 1. The molecule has 1 aromatic heterocycles. The van der Waals surface area contributed by atoms with Gasteiger partial charge in [-0.05, 0) is 62.1 Å². The summed E-state index contributed by atoms with van der Waals surface area (Å²) in [6, 6.07) is 12.4. The summed E-state index contributed by atoms with van der Waals surface area (Å²) in [5, 5.41) is 4.96. The summed E-state index contributed by atoms with van der Waals surface area (Å²) in [5.41, 5.74) is 2.40. The number of benzene rings is 2. The van der Waals surface area contributed by atoms with Crippen LogP contribution >= 0.6 is 11.6 Å². The molecule has 3 aromatic rings. The Morgan fingerprint density at radius 2 is 1.76 bits per heavy atom. The van der Waals surface area contributed by atoms with E-state index in [0.717, 1.165) is 41.8 Å². The van der Waals surface area contributed by atoms with Gasteiger partial charge in [-0.2, -0.15) is 13.2 Å². The molecule has 0 fully saturated rings. The molecule has 7 heteroatoms. The van der Waals surface area contributed by atoms with Crippen molar-refractivity contribution >= 4 is 40.3 Å². The quantitative estimate of drug-likeness (QED) is 0.527. The number of anilines is 1. The predicted molar refractivity (Wildman–Crippen MR) is 114 cm³/mol. The molecule has 0 unspecified atom stereocenters. The van der Waals surface area contributed by atoms with Gasteiger partial charge in [0.25, 0.3) is 0 Å². The fraction of sp³-hybridized carbons (Fsp3) is 0.227. The Balaban J connectivity index is 1.88. The summed E-state index contributed by atoms with van der Waals surface area (Å²) in [6.45, 7) is 1.61. The minimum Gasteiger partial charge on any atom is -0.383 e. The number of nitrogens with zero attached hydrogens (tertiary/aromatic N) is 2. The zero-order valence-corrected chi connectivity index (χ0v) is 16.8. The van der Waals surface area contributed by atoms with Gasteiger partial charge in [-0.1, -0.05) is 29.8 Å². The molecule has 3 nitrogen and oxygen atoms in total. The van der Waals surface area contributed by atoms with Gasteiger partial charge in [0.1, 0.15) is 0 Å². The highest BCUT2D eigenvalue weighted by Crippen LogP contribution is 2.30. The highest BCUT2D eigenvalue weighted by atomic mass is 35.5. The lowest BCUT2D eigenvalue weighted by atomic mass is 10.1. The summed E-state index contributed by atoms with van der Waals surface area (Å²) < 4.78 is 38.1. The zero-order valence-electron chi connectivity index (χ0n) is 16.1. The fourth-order valence-electron chi connectivity index (χ4n) is 2.83. The number of hydrogen-bond acceptors (Lipinski definition) is 3. The first kappa shape index (κ1) is 21.1. The van der Waals surface area contributed by atoms with E-state index >= 15 is 0 Å². The van der Waals surface area contributed by atoms with Gasteiger partial charge < -0.3 is 10.2 Å². The smallest absolute Gasteiger partial charge is 0.383 e. The van der Waals surface area contributed by atoms with Gasteiger partial charge in [-0.3, -0.25) is 0 Å². The lowest BCUT2D eigenvalue weighted by molar-refractivity contribution is -0.137. The van der Waals surface area contributed by atoms with Crippen molar-refractivity contribution in [1.82, 2.24) is 9.88 Å². The summed E-state index contributed by atoms with van der Waals surface area (Å²) in [5.74, 6) is 0. The molecule has 0 saturated heterocycles. The number of fused-ring (bicyclic) bond motifs is 1. The Morgan fingerprint density at radius 3 is 2.41 bits per heavy atom. The molecule has 0 aliphatic carbocycles. The molecule has 0 amide bonds. The molecule has 0 radical (unpaired) electrons. The van der Waals surface area contributed by atoms with Crippen molar-refractivity contribution in [1.29, 1.82) is 0 Å². The van der Waals surface area contributed by atoms with E-state index < -0.39 is 11.7 Å². The van der Waals surface area contributed by atoms with Crippen molar-refractivity contribution in [2.24, 2.45) is 0 Å². The second-order valence-corrected chi connectivity index (χ2v) is 7.38. The minimum atomic E-state index is -4.34. The van der Waals surface area contributed by atoms with E-state index in [1.54, 1.807) is 18.2 Å². The van der Waals surface area contributed by atoms with Gasteiger partial charge in [-0.25, -0.2) is 4.98 Å². The lowest BCUT2D eigenvalue weighted by Gasteiger charge is -2.14. The second-order valence-electron chi connectivity index (χ2n) is 6.94. The molecule has 29 heavy (non-hydrogen) atoms. The third-order valence-electron chi connectivity index (χ3n) is 4.35. The van der Waals surface area contributed by atoms with Gasteiger partial charge >= 0.3 is 6.18 Å². The van der Waals surface area contributed by atoms with Gasteiger partial charge in [0, 0.05) is 29.2 Å². The normalized spacial score (nSPS) is 12.2. The van der Waals surface area contributed by atoms with Crippen molar-refractivity contribution in [3.8, 4) is 0 Å². The van der Waals surface area contributed by atoms with E-state index in [0.29, 0.717) is 16.3 Å². The van der Waals surface area contributed by atoms with Crippen LogP contribution in [0.15, 0.2) is 48.5 Å².